The standard InChI is InChI=1S/C17H19NO4S/c1-3-4-13-5-11-16(12-6-13)23(20,21)18-15-9-7-14(8-10-15)17(19)22-2/h5-12,18H,3-4H2,1-2H3. The average Bonchev–Trinajstić information content (AvgIpc) is 2.55. The fourth-order valence-electron chi connectivity index (χ4n) is 2.13. The van der Waals surface area contributed by atoms with Gasteiger partial charge in [-0.1, -0.05) is 25.5 Å². The topological polar surface area (TPSA) is 72.5 Å². The molecule has 0 fully saturated rings. The zero-order chi connectivity index (χ0) is 16.9. The van der Waals surface area contributed by atoms with E-state index in [9.17, 15) is 13.2 Å². The highest BCUT2D eigenvalue weighted by molar-refractivity contribution is 7.92. The second-order valence-electron chi connectivity index (χ2n) is 5.07. The van der Waals surface area contributed by atoms with Gasteiger partial charge in [0.05, 0.1) is 17.6 Å². The van der Waals surface area contributed by atoms with Crippen molar-refractivity contribution in [2.75, 3.05) is 11.8 Å². The fraction of sp³-hybridized carbons (Fsp3) is 0.235. The molecule has 0 radical (unpaired) electrons. The first-order valence-corrected chi connectivity index (χ1v) is 8.74. The van der Waals surface area contributed by atoms with Crippen molar-refractivity contribution >= 4 is 21.7 Å². The van der Waals surface area contributed by atoms with Gasteiger partial charge in [-0.3, -0.25) is 4.72 Å². The number of carbonyl (C=O) groups excluding carboxylic acids is 1. The van der Waals surface area contributed by atoms with E-state index in [0.29, 0.717) is 11.3 Å². The molecule has 23 heavy (non-hydrogen) atoms. The molecule has 5 nitrogen and oxygen atoms in total. The minimum atomic E-state index is -3.65. The molecule has 0 aliphatic rings. The molecule has 0 aromatic heterocycles. The van der Waals surface area contributed by atoms with Crippen molar-refractivity contribution in [3.8, 4) is 0 Å². The van der Waals surface area contributed by atoms with Gasteiger partial charge in [-0.2, -0.15) is 0 Å². The molecule has 0 unspecified atom stereocenters. The van der Waals surface area contributed by atoms with Crippen LogP contribution in [0.2, 0.25) is 0 Å². The van der Waals surface area contributed by atoms with Gasteiger partial charge in [-0.15, -0.1) is 0 Å². The summed E-state index contributed by atoms with van der Waals surface area (Å²) in [5, 5.41) is 0. The first-order chi connectivity index (χ1) is 11.0. The van der Waals surface area contributed by atoms with E-state index in [1.807, 2.05) is 12.1 Å². The maximum Gasteiger partial charge on any atom is 0.337 e. The first-order valence-electron chi connectivity index (χ1n) is 7.26. The number of aryl methyl sites for hydroxylation is 1. The number of carbonyl (C=O) groups is 1. The molecule has 2 aromatic rings. The minimum Gasteiger partial charge on any atom is -0.465 e. The molecule has 0 heterocycles. The monoisotopic (exact) mass is 333 g/mol. The lowest BCUT2D eigenvalue weighted by molar-refractivity contribution is 0.0601. The lowest BCUT2D eigenvalue weighted by atomic mass is 10.1. The van der Waals surface area contributed by atoms with Gasteiger partial charge in [0.2, 0.25) is 0 Å². The zero-order valence-corrected chi connectivity index (χ0v) is 13.9. The van der Waals surface area contributed by atoms with Gasteiger partial charge < -0.3 is 4.74 Å². The number of hydrogen-bond donors (Lipinski definition) is 1. The van der Waals surface area contributed by atoms with Crippen molar-refractivity contribution in [2.45, 2.75) is 24.7 Å². The third-order valence-electron chi connectivity index (χ3n) is 3.33. The molecule has 1 N–H and O–H groups in total. The Kier molecular flexibility index (Phi) is 5.39. The number of nitrogens with one attached hydrogen (secondary N) is 1. The number of hydrogen-bond acceptors (Lipinski definition) is 4. The number of ether oxygens (including phenoxy) is 1. The van der Waals surface area contributed by atoms with E-state index in [1.165, 1.54) is 31.4 Å². The Morgan fingerprint density at radius 2 is 1.65 bits per heavy atom. The third kappa shape index (κ3) is 4.32. The quantitative estimate of drug-likeness (QED) is 0.824. The number of benzene rings is 2. The summed E-state index contributed by atoms with van der Waals surface area (Å²) < 4.78 is 31.8. The van der Waals surface area contributed by atoms with Crippen molar-refractivity contribution in [1.82, 2.24) is 0 Å². The van der Waals surface area contributed by atoms with Crippen LogP contribution in [0.3, 0.4) is 0 Å². The third-order valence-corrected chi connectivity index (χ3v) is 4.73. The zero-order valence-electron chi connectivity index (χ0n) is 13.1. The summed E-state index contributed by atoms with van der Waals surface area (Å²) in [5.74, 6) is -0.467. The predicted octanol–water partition coefficient (Wildman–Crippen LogP) is 3.23. The fourth-order valence-corrected chi connectivity index (χ4v) is 3.19. The molecule has 0 spiro atoms. The number of rotatable bonds is 6. The first kappa shape index (κ1) is 17.0. The summed E-state index contributed by atoms with van der Waals surface area (Å²) in [5.41, 5.74) is 1.85. The van der Waals surface area contributed by atoms with Crippen molar-refractivity contribution in [3.63, 3.8) is 0 Å². The molecule has 0 bridgehead atoms. The van der Waals surface area contributed by atoms with E-state index >= 15 is 0 Å². The molecule has 6 heteroatoms. The maximum atomic E-state index is 12.3. The molecule has 0 aliphatic heterocycles. The Balaban J connectivity index is 2.15. The Labute approximate surface area is 136 Å². The SMILES string of the molecule is CCCc1ccc(S(=O)(=O)Nc2ccc(C(=O)OC)cc2)cc1. The molecule has 0 saturated carbocycles. The van der Waals surface area contributed by atoms with Gasteiger partial charge in [0, 0.05) is 5.69 Å². The number of esters is 1. The Morgan fingerprint density at radius 1 is 1.04 bits per heavy atom. The second kappa shape index (κ2) is 7.28. The van der Waals surface area contributed by atoms with Crippen molar-refractivity contribution in [1.29, 1.82) is 0 Å². The van der Waals surface area contributed by atoms with E-state index < -0.39 is 16.0 Å². The maximum absolute atomic E-state index is 12.3. The number of methoxy groups -OCH3 is 1. The summed E-state index contributed by atoms with van der Waals surface area (Å²) in [4.78, 5) is 11.6. The molecule has 122 valence electrons. The van der Waals surface area contributed by atoms with Crippen LogP contribution in [0.1, 0.15) is 29.3 Å². The van der Waals surface area contributed by atoms with Crippen LogP contribution >= 0.6 is 0 Å². The molecular weight excluding hydrogens is 314 g/mol. The summed E-state index contributed by atoms with van der Waals surface area (Å²) in [6.07, 6.45) is 1.93. The van der Waals surface area contributed by atoms with Gasteiger partial charge in [-0.25, -0.2) is 13.2 Å². The van der Waals surface area contributed by atoms with Crippen LogP contribution in [0.5, 0.6) is 0 Å². The van der Waals surface area contributed by atoms with E-state index in [1.54, 1.807) is 12.1 Å². The summed E-state index contributed by atoms with van der Waals surface area (Å²) in [6.45, 7) is 2.07. The van der Waals surface area contributed by atoms with Crippen LogP contribution in [0.4, 0.5) is 5.69 Å². The number of sulfonamides is 1. The number of anilines is 1. The minimum absolute atomic E-state index is 0.203. The van der Waals surface area contributed by atoms with Crippen LogP contribution in [0, 0.1) is 0 Å². The smallest absolute Gasteiger partial charge is 0.337 e. The van der Waals surface area contributed by atoms with Crippen LogP contribution in [0.15, 0.2) is 53.4 Å². The molecule has 2 rings (SSSR count). The summed E-state index contributed by atoms with van der Waals surface area (Å²) >= 11 is 0. The molecule has 0 amide bonds. The molecule has 0 saturated heterocycles. The lowest BCUT2D eigenvalue weighted by Crippen LogP contribution is -2.13. The lowest BCUT2D eigenvalue weighted by Gasteiger charge is -2.09. The Morgan fingerprint density at radius 3 is 2.17 bits per heavy atom. The van der Waals surface area contributed by atoms with Crippen molar-refractivity contribution < 1.29 is 17.9 Å². The molecule has 0 aliphatic carbocycles. The van der Waals surface area contributed by atoms with Crippen LogP contribution in [-0.2, 0) is 21.2 Å². The van der Waals surface area contributed by atoms with E-state index in [2.05, 4.69) is 16.4 Å². The van der Waals surface area contributed by atoms with Gasteiger partial charge in [0.25, 0.3) is 10.0 Å². The molecular formula is C17H19NO4S. The predicted molar refractivity (Wildman–Crippen MR) is 89.0 cm³/mol. The van der Waals surface area contributed by atoms with E-state index in [0.717, 1.165) is 18.4 Å². The largest absolute Gasteiger partial charge is 0.465 e. The van der Waals surface area contributed by atoms with Gasteiger partial charge in [-0.05, 0) is 48.4 Å². The highest BCUT2D eigenvalue weighted by Gasteiger charge is 2.14. The van der Waals surface area contributed by atoms with Gasteiger partial charge in [0.1, 0.15) is 0 Å². The highest BCUT2D eigenvalue weighted by Crippen LogP contribution is 2.18. The highest BCUT2D eigenvalue weighted by atomic mass is 32.2. The van der Waals surface area contributed by atoms with Crippen molar-refractivity contribution in [2.24, 2.45) is 0 Å². The Hall–Kier alpha value is -2.34. The molecule has 2 aromatic carbocycles. The van der Waals surface area contributed by atoms with Gasteiger partial charge in [0.15, 0.2) is 0 Å². The van der Waals surface area contributed by atoms with Crippen LogP contribution in [0.25, 0.3) is 0 Å². The summed E-state index contributed by atoms with van der Waals surface area (Å²) in [7, 11) is -2.36. The molecule has 0 atom stereocenters. The second-order valence-corrected chi connectivity index (χ2v) is 6.75. The normalized spacial score (nSPS) is 11.0. The van der Waals surface area contributed by atoms with Crippen molar-refractivity contribution in [3.05, 3.63) is 59.7 Å². The van der Waals surface area contributed by atoms with Gasteiger partial charge >= 0.3 is 5.97 Å². The Bertz CT molecular complexity index is 765. The van der Waals surface area contributed by atoms with Crippen LogP contribution in [-0.4, -0.2) is 21.5 Å². The van der Waals surface area contributed by atoms with E-state index in [-0.39, 0.29) is 4.90 Å². The average molecular weight is 333 g/mol. The van der Waals surface area contributed by atoms with E-state index in [4.69, 9.17) is 0 Å². The van der Waals surface area contributed by atoms with Crippen LogP contribution < -0.4 is 4.72 Å². The summed E-state index contributed by atoms with van der Waals surface area (Å²) in [6, 6.07) is 12.9.